The summed E-state index contributed by atoms with van der Waals surface area (Å²) in [5.74, 6) is 0. The number of nitrogens with one attached hydrogen (secondary N) is 1. The van der Waals surface area contributed by atoms with Crippen LogP contribution in [0.4, 0.5) is 0 Å². The van der Waals surface area contributed by atoms with E-state index in [-0.39, 0.29) is 0 Å². The molecule has 0 bridgehead atoms. The zero-order valence-corrected chi connectivity index (χ0v) is 13.2. The summed E-state index contributed by atoms with van der Waals surface area (Å²) in [5.41, 5.74) is 2.69. The molecule has 0 amide bonds. The summed E-state index contributed by atoms with van der Waals surface area (Å²) in [5, 5.41) is 3.79. The fourth-order valence-electron chi connectivity index (χ4n) is 3.52. The highest BCUT2D eigenvalue weighted by Gasteiger charge is 2.34. The second kappa shape index (κ2) is 5.94. The zero-order chi connectivity index (χ0) is 13.2. The molecule has 3 rings (SSSR count). The molecule has 0 aromatic heterocycles. The molecule has 1 aromatic carbocycles. The maximum absolute atomic E-state index is 3.79. The number of aryl methyl sites for hydroxylation is 1. The number of rotatable bonds is 3. The molecule has 0 radical (unpaired) electrons. The molecule has 2 atom stereocenters. The number of hydrogen-bond acceptors (Lipinski definition) is 2. The molecule has 2 unspecified atom stereocenters. The highest BCUT2D eigenvalue weighted by Crippen LogP contribution is 2.27. The highest BCUT2D eigenvalue weighted by molar-refractivity contribution is 9.10. The van der Waals surface area contributed by atoms with Crippen LogP contribution in [-0.2, 0) is 6.54 Å². The lowest BCUT2D eigenvalue weighted by Crippen LogP contribution is -2.44. The first-order chi connectivity index (χ1) is 9.24. The Kier molecular flexibility index (Phi) is 4.25. The van der Waals surface area contributed by atoms with Gasteiger partial charge in [0.25, 0.3) is 0 Å². The van der Waals surface area contributed by atoms with Crippen molar-refractivity contribution in [2.45, 2.75) is 51.2 Å². The minimum absolute atomic E-state index is 0.688. The van der Waals surface area contributed by atoms with Crippen LogP contribution in [0.5, 0.6) is 0 Å². The van der Waals surface area contributed by atoms with Gasteiger partial charge in [0.05, 0.1) is 0 Å². The summed E-state index contributed by atoms with van der Waals surface area (Å²) >= 11 is 3.68. The SMILES string of the molecule is Cc1ccc(CNC2CCN3CCCCC23)c(Br)c1. The average molecular weight is 323 g/mol. The van der Waals surface area contributed by atoms with Crippen LogP contribution < -0.4 is 5.32 Å². The molecule has 2 fully saturated rings. The quantitative estimate of drug-likeness (QED) is 0.916. The molecule has 1 N–H and O–H groups in total. The normalized spacial score (nSPS) is 27.5. The second-order valence-corrected chi connectivity index (χ2v) is 6.82. The molecule has 1 aromatic rings. The molecule has 2 aliphatic heterocycles. The Balaban J connectivity index is 1.60. The van der Waals surface area contributed by atoms with E-state index in [4.69, 9.17) is 0 Å². The van der Waals surface area contributed by atoms with Crippen molar-refractivity contribution in [1.29, 1.82) is 0 Å². The summed E-state index contributed by atoms with van der Waals surface area (Å²) in [6, 6.07) is 8.12. The summed E-state index contributed by atoms with van der Waals surface area (Å²) in [6.45, 7) is 5.73. The van der Waals surface area contributed by atoms with Gasteiger partial charge in [0.2, 0.25) is 0 Å². The molecular weight excluding hydrogens is 300 g/mol. The second-order valence-electron chi connectivity index (χ2n) is 5.97. The molecule has 0 aliphatic carbocycles. The predicted molar refractivity (Wildman–Crippen MR) is 83.3 cm³/mol. The molecule has 19 heavy (non-hydrogen) atoms. The van der Waals surface area contributed by atoms with E-state index in [1.807, 2.05) is 0 Å². The number of nitrogens with zero attached hydrogens (tertiary/aromatic N) is 1. The number of benzene rings is 1. The number of piperidine rings is 1. The summed E-state index contributed by atoms with van der Waals surface area (Å²) in [7, 11) is 0. The van der Waals surface area contributed by atoms with E-state index in [0.29, 0.717) is 6.04 Å². The van der Waals surface area contributed by atoms with E-state index in [1.165, 1.54) is 54.4 Å². The van der Waals surface area contributed by atoms with Crippen molar-refractivity contribution < 1.29 is 0 Å². The van der Waals surface area contributed by atoms with E-state index in [2.05, 4.69) is 51.3 Å². The van der Waals surface area contributed by atoms with Gasteiger partial charge in [-0.25, -0.2) is 0 Å². The minimum atomic E-state index is 0.688. The predicted octanol–water partition coefficient (Wildman–Crippen LogP) is 3.47. The van der Waals surface area contributed by atoms with Crippen LogP contribution >= 0.6 is 15.9 Å². The molecule has 3 heteroatoms. The van der Waals surface area contributed by atoms with Gasteiger partial charge in [-0.3, -0.25) is 4.90 Å². The van der Waals surface area contributed by atoms with Gasteiger partial charge in [-0.2, -0.15) is 0 Å². The lowest BCUT2D eigenvalue weighted by atomic mass is 9.99. The van der Waals surface area contributed by atoms with Gasteiger partial charge in [0, 0.05) is 29.6 Å². The van der Waals surface area contributed by atoms with E-state index < -0.39 is 0 Å². The third kappa shape index (κ3) is 3.04. The summed E-state index contributed by atoms with van der Waals surface area (Å²) < 4.78 is 1.23. The van der Waals surface area contributed by atoms with Crippen molar-refractivity contribution in [2.24, 2.45) is 0 Å². The molecule has 2 saturated heterocycles. The van der Waals surface area contributed by atoms with Crippen molar-refractivity contribution >= 4 is 15.9 Å². The van der Waals surface area contributed by atoms with Crippen LogP contribution in [0.15, 0.2) is 22.7 Å². The fourth-order valence-corrected chi connectivity index (χ4v) is 4.16. The topological polar surface area (TPSA) is 15.3 Å². The van der Waals surface area contributed by atoms with Crippen LogP contribution in [0.25, 0.3) is 0 Å². The molecule has 0 spiro atoms. The average Bonchev–Trinajstić information content (AvgIpc) is 2.81. The summed E-state index contributed by atoms with van der Waals surface area (Å²) in [6.07, 6.45) is 5.50. The Morgan fingerprint density at radius 1 is 1.26 bits per heavy atom. The Labute approximate surface area is 124 Å². The first-order valence-corrected chi connectivity index (χ1v) is 8.26. The maximum atomic E-state index is 3.79. The van der Waals surface area contributed by atoms with Crippen LogP contribution in [0.3, 0.4) is 0 Å². The monoisotopic (exact) mass is 322 g/mol. The Bertz CT molecular complexity index is 446. The minimum Gasteiger partial charge on any atom is -0.308 e. The van der Waals surface area contributed by atoms with Crippen molar-refractivity contribution in [1.82, 2.24) is 10.2 Å². The Morgan fingerprint density at radius 2 is 2.16 bits per heavy atom. The molecule has 2 aliphatic rings. The van der Waals surface area contributed by atoms with Gasteiger partial charge in [0.1, 0.15) is 0 Å². The fraction of sp³-hybridized carbons (Fsp3) is 0.625. The molecule has 104 valence electrons. The molecule has 0 saturated carbocycles. The summed E-state index contributed by atoms with van der Waals surface area (Å²) in [4.78, 5) is 2.69. The van der Waals surface area contributed by atoms with Crippen molar-refractivity contribution in [2.75, 3.05) is 13.1 Å². The Hall–Kier alpha value is -0.380. The lowest BCUT2D eigenvalue weighted by Gasteiger charge is -2.32. The van der Waals surface area contributed by atoms with E-state index in [1.54, 1.807) is 0 Å². The van der Waals surface area contributed by atoms with Gasteiger partial charge in [-0.15, -0.1) is 0 Å². The smallest absolute Gasteiger partial charge is 0.0249 e. The molecular formula is C16H23BrN2. The lowest BCUT2D eigenvalue weighted by molar-refractivity contribution is 0.180. The molecule has 2 nitrogen and oxygen atoms in total. The third-order valence-corrected chi connectivity index (χ3v) is 5.36. The van der Waals surface area contributed by atoms with Gasteiger partial charge in [0.15, 0.2) is 0 Å². The number of hydrogen-bond donors (Lipinski definition) is 1. The zero-order valence-electron chi connectivity index (χ0n) is 11.7. The highest BCUT2D eigenvalue weighted by atomic mass is 79.9. The van der Waals surface area contributed by atoms with Gasteiger partial charge in [-0.05, 0) is 49.9 Å². The van der Waals surface area contributed by atoms with E-state index >= 15 is 0 Å². The molecule has 2 heterocycles. The van der Waals surface area contributed by atoms with Crippen molar-refractivity contribution in [3.05, 3.63) is 33.8 Å². The van der Waals surface area contributed by atoms with Gasteiger partial charge < -0.3 is 5.32 Å². The van der Waals surface area contributed by atoms with Crippen LogP contribution in [0.1, 0.15) is 36.8 Å². The third-order valence-electron chi connectivity index (χ3n) is 4.62. The van der Waals surface area contributed by atoms with Crippen molar-refractivity contribution in [3.8, 4) is 0 Å². The largest absolute Gasteiger partial charge is 0.308 e. The van der Waals surface area contributed by atoms with Gasteiger partial charge in [-0.1, -0.05) is 34.5 Å². The first kappa shape index (κ1) is 13.6. The maximum Gasteiger partial charge on any atom is 0.0249 e. The van der Waals surface area contributed by atoms with E-state index in [0.717, 1.165) is 12.6 Å². The number of halogens is 1. The van der Waals surface area contributed by atoms with Crippen LogP contribution in [-0.4, -0.2) is 30.1 Å². The van der Waals surface area contributed by atoms with Crippen LogP contribution in [0, 0.1) is 6.92 Å². The van der Waals surface area contributed by atoms with Gasteiger partial charge >= 0.3 is 0 Å². The van der Waals surface area contributed by atoms with E-state index in [9.17, 15) is 0 Å². The van der Waals surface area contributed by atoms with Crippen molar-refractivity contribution in [3.63, 3.8) is 0 Å². The number of fused-ring (bicyclic) bond motifs is 1. The Morgan fingerprint density at radius 3 is 3.00 bits per heavy atom. The van der Waals surface area contributed by atoms with Crippen LogP contribution in [0.2, 0.25) is 0 Å². The first-order valence-electron chi connectivity index (χ1n) is 7.46. The standard InChI is InChI=1S/C16H23BrN2/c1-12-5-6-13(14(17)10-12)11-18-15-7-9-19-8-3-2-4-16(15)19/h5-6,10,15-16,18H,2-4,7-9,11H2,1H3.